The van der Waals surface area contributed by atoms with Crippen LogP contribution in [0.15, 0.2) is 36.4 Å². The molecule has 182 valence electrons. The van der Waals surface area contributed by atoms with Gasteiger partial charge in [-0.3, -0.25) is 14.4 Å². The van der Waals surface area contributed by atoms with E-state index in [2.05, 4.69) is 15.6 Å². The zero-order chi connectivity index (χ0) is 24.2. The van der Waals surface area contributed by atoms with Crippen molar-refractivity contribution in [2.24, 2.45) is 23.7 Å². The smallest absolute Gasteiger partial charge is 0.310 e. The first-order valence-corrected chi connectivity index (χ1v) is 11.8. The Morgan fingerprint density at radius 2 is 2.00 bits per heavy atom. The lowest BCUT2D eigenvalue weighted by atomic mass is 9.69. The molecule has 10 heteroatoms. The number of rotatable bonds is 9. The number of aromatic nitrogens is 3. The number of nitrogens with zero attached hydrogens (tertiary/aromatic N) is 4. The molecule has 1 aliphatic carbocycles. The van der Waals surface area contributed by atoms with Gasteiger partial charge in [-0.15, -0.1) is 5.10 Å². The zero-order valence-electron chi connectivity index (χ0n) is 19.5. The SMILES string of the molecule is CCC[C@@H]1C=C[C@H]2[C@H](C(=O)N(CCO)[C@@H]2C(=O)NCn2nnc3ccccc32)[C@@H]1C(=O)OCC. The Kier molecular flexibility index (Phi) is 7.26. The summed E-state index contributed by atoms with van der Waals surface area (Å²) in [6.07, 6.45) is 5.44. The van der Waals surface area contributed by atoms with E-state index >= 15 is 0 Å². The number of amides is 2. The maximum atomic E-state index is 13.5. The highest BCUT2D eigenvalue weighted by atomic mass is 16.5. The van der Waals surface area contributed by atoms with E-state index in [1.165, 1.54) is 4.90 Å². The summed E-state index contributed by atoms with van der Waals surface area (Å²) >= 11 is 0. The lowest BCUT2D eigenvalue weighted by Gasteiger charge is -2.33. The summed E-state index contributed by atoms with van der Waals surface area (Å²) in [6.45, 7) is 3.80. The van der Waals surface area contributed by atoms with Crippen LogP contribution in [0.3, 0.4) is 0 Å². The first-order valence-electron chi connectivity index (χ1n) is 11.8. The standard InChI is InChI=1S/C24H31N5O5/c1-3-7-15-10-11-16-20(19(15)24(33)34-4-2)23(32)28(12-13-30)21(16)22(31)25-14-29-18-9-6-5-8-17(18)26-27-29/h5-6,8-11,15-16,19-21,30H,3-4,7,12-14H2,1-2H3,(H,25,31)/t15-,16+,19-,20+,21+/m1/s1. The van der Waals surface area contributed by atoms with Crippen LogP contribution in [0.1, 0.15) is 26.7 Å². The van der Waals surface area contributed by atoms with Crippen LogP contribution < -0.4 is 5.32 Å². The number of β-amino-alcohol motifs (C(OH)–C–C–N with tert-alkyl or cyclic N) is 1. The molecule has 5 atom stereocenters. The van der Waals surface area contributed by atoms with Crippen molar-refractivity contribution in [3.8, 4) is 0 Å². The van der Waals surface area contributed by atoms with Crippen molar-refractivity contribution in [1.29, 1.82) is 0 Å². The molecule has 2 aromatic rings. The van der Waals surface area contributed by atoms with Crippen LogP contribution in [0.2, 0.25) is 0 Å². The summed E-state index contributed by atoms with van der Waals surface area (Å²) in [7, 11) is 0. The van der Waals surface area contributed by atoms with Crippen molar-refractivity contribution in [3.63, 3.8) is 0 Å². The van der Waals surface area contributed by atoms with Crippen LogP contribution in [-0.4, -0.2) is 68.6 Å². The van der Waals surface area contributed by atoms with Crippen LogP contribution in [0.25, 0.3) is 11.0 Å². The molecular formula is C24H31N5O5. The van der Waals surface area contributed by atoms with Crippen molar-refractivity contribution >= 4 is 28.8 Å². The Morgan fingerprint density at radius 3 is 2.74 bits per heavy atom. The van der Waals surface area contributed by atoms with E-state index in [4.69, 9.17) is 4.74 Å². The van der Waals surface area contributed by atoms with Gasteiger partial charge in [0.25, 0.3) is 0 Å². The minimum absolute atomic E-state index is 0.0119. The molecule has 2 heterocycles. The van der Waals surface area contributed by atoms with Crippen molar-refractivity contribution in [2.75, 3.05) is 19.8 Å². The maximum Gasteiger partial charge on any atom is 0.310 e. The number of carbonyl (C=O) groups excluding carboxylic acids is 3. The van der Waals surface area contributed by atoms with Gasteiger partial charge in [-0.1, -0.05) is 42.8 Å². The highest BCUT2D eigenvalue weighted by molar-refractivity contribution is 5.96. The van der Waals surface area contributed by atoms with Gasteiger partial charge >= 0.3 is 5.97 Å². The summed E-state index contributed by atoms with van der Waals surface area (Å²) in [5.41, 5.74) is 1.49. The number of fused-ring (bicyclic) bond motifs is 2. The van der Waals surface area contributed by atoms with E-state index in [9.17, 15) is 19.5 Å². The second kappa shape index (κ2) is 10.3. The number of ether oxygens (including phenoxy) is 1. The average molecular weight is 470 g/mol. The summed E-state index contributed by atoms with van der Waals surface area (Å²) in [6, 6.07) is 6.57. The number of carbonyl (C=O) groups is 3. The molecule has 10 nitrogen and oxygen atoms in total. The Hall–Kier alpha value is -3.27. The molecule has 34 heavy (non-hydrogen) atoms. The van der Waals surface area contributed by atoms with Gasteiger partial charge in [-0.25, -0.2) is 4.68 Å². The fourth-order valence-corrected chi connectivity index (χ4v) is 5.31. The van der Waals surface area contributed by atoms with E-state index in [1.807, 2.05) is 43.3 Å². The molecule has 0 unspecified atom stereocenters. The molecule has 0 radical (unpaired) electrons. The third-order valence-corrected chi connectivity index (χ3v) is 6.73. The highest BCUT2D eigenvalue weighted by Gasteiger charge is 2.57. The Morgan fingerprint density at radius 1 is 1.21 bits per heavy atom. The van der Waals surface area contributed by atoms with Gasteiger partial charge in [0.2, 0.25) is 11.8 Å². The Bertz CT molecular complexity index is 1080. The van der Waals surface area contributed by atoms with E-state index < -0.39 is 29.8 Å². The number of aliphatic hydroxyl groups is 1. The third kappa shape index (κ3) is 4.29. The van der Waals surface area contributed by atoms with Crippen molar-refractivity contribution in [2.45, 2.75) is 39.4 Å². The fourth-order valence-electron chi connectivity index (χ4n) is 5.31. The molecule has 4 rings (SSSR count). The topological polar surface area (TPSA) is 127 Å². The monoisotopic (exact) mass is 469 g/mol. The van der Waals surface area contributed by atoms with Gasteiger partial charge in [0.15, 0.2) is 0 Å². The fraction of sp³-hybridized carbons (Fsp3) is 0.542. The summed E-state index contributed by atoms with van der Waals surface area (Å²) < 4.78 is 6.91. The first-order chi connectivity index (χ1) is 16.5. The summed E-state index contributed by atoms with van der Waals surface area (Å²) in [5.74, 6) is -3.05. The van der Waals surface area contributed by atoms with Gasteiger partial charge in [-0.2, -0.15) is 0 Å². The zero-order valence-corrected chi connectivity index (χ0v) is 19.5. The van der Waals surface area contributed by atoms with E-state index in [-0.39, 0.29) is 44.2 Å². The van der Waals surface area contributed by atoms with Crippen LogP contribution in [0.5, 0.6) is 0 Å². The second-order valence-electron chi connectivity index (χ2n) is 8.70. The van der Waals surface area contributed by atoms with Gasteiger partial charge in [-0.05, 0) is 31.4 Å². The van der Waals surface area contributed by atoms with Gasteiger partial charge < -0.3 is 20.1 Å². The number of esters is 1. The van der Waals surface area contributed by atoms with Crippen LogP contribution in [-0.2, 0) is 25.8 Å². The lowest BCUT2D eigenvalue weighted by molar-refractivity contribution is -0.155. The molecular weight excluding hydrogens is 438 g/mol. The van der Waals surface area contributed by atoms with Crippen LogP contribution in [0, 0.1) is 23.7 Å². The van der Waals surface area contributed by atoms with Gasteiger partial charge in [0.05, 0.1) is 30.6 Å². The lowest BCUT2D eigenvalue weighted by Crippen LogP contribution is -2.48. The molecule has 1 aromatic carbocycles. The molecule has 0 saturated carbocycles. The minimum Gasteiger partial charge on any atom is -0.466 e. The molecule has 2 amide bonds. The highest BCUT2D eigenvalue weighted by Crippen LogP contribution is 2.45. The number of likely N-dealkylation sites (tertiary alicyclic amines) is 1. The van der Waals surface area contributed by atoms with Crippen LogP contribution in [0.4, 0.5) is 0 Å². The molecule has 1 aromatic heterocycles. The summed E-state index contributed by atoms with van der Waals surface area (Å²) in [5, 5.41) is 20.7. The van der Waals surface area contributed by atoms with Crippen molar-refractivity contribution in [3.05, 3.63) is 36.4 Å². The predicted octanol–water partition coefficient (Wildman–Crippen LogP) is 1.11. The average Bonchev–Trinajstić information content (AvgIpc) is 3.37. The number of nitrogens with one attached hydrogen (secondary N) is 1. The largest absolute Gasteiger partial charge is 0.466 e. The molecule has 2 N–H and O–H groups in total. The number of aliphatic hydroxyl groups excluding tert-OH is 1. The molecule has 1 fully saturated rings. The normalized spacial score (nSPS) is 26.0. The molecule has 0 spiro atoms. The van der Waals surface area contributed by atoms with Gasteiger partial charge in [0.1, 0.15) is 18.2 Å². The predicted molar refractivity (Wildman–Crippen MR) is 123 cm³/mol. The number of hydrogen-bond acceptors (Lipinski definition) is 7. The van der Waals surface area contributed by atoms with E-state index in [1.54, 1.807) is 11.6 Å². The Balaban J connectivity index is 1.60. The third-order valence-electron chi connectivity index (χ3n) is 6.73. The molecule has 1 saturated heterocycles. The molecule has 1 aliphatic heterocycles. The van der Waals surface area contributed by atoms with Gasteiger partial charge in [0, 0.05) is 12.5 Å². The van der Waals surface area contributed by atoms with E-state index in [0.29, 0.717) is 5.52 Å². The number of para-hydroxylation sites is 1. The number of benzene rings is 1. The Labute approximate surface area is 197 Å². The van der Waals surface area contributed by atoms with Crippen LogP contribution >= 0.6 is 0 Å². The second-order valence-corrected chi connectivity index (χ2v) is 8.70. The number of allylic oxidation sites excluding steroid dienone is 1. The maximum absolute atomic E-state index is 13.5. The minimum atomic E-state index is -0.838. The van der Waals surface area contributed by atoms with Crippen molar-refractivity contribution < 1.29 is 24.2 Å². The van der Waals surface area contributed by atoms with Crippen molar-refractivity contribution in [1.82, 2.24) is 25.2 Å². The summed E-state index contributed by atoms with van der Waals surface area (Å²) in [4.78, 5) is 41.2. The number of hydrogen-bond donors (Lipinski definition) is 2. The molecule has 2 aliphatic rings. The quantitative estimate of drug-likeness (QED) is 0.416. The first kappa shape index (κ1) is 23.9. The van der Waals surface area contributed by atoms with E-state index in [0.717, 1.165) is 18.4 Å². The molecule has 0 bridgehead atoms.